The fraction of sp³-hybridized carbons (Fsp3) is 0.286. The van der Waals surface area contributed by atoms with Gasteiger partial charge >= 0.3 is 6.09 Å². The number of likely N-dealkylation sites (tertiary alicyclic amines) is 1. The first-order valence-electron chi connectivity index (χ1n) is 11.2. The maximum Gasteiger partial charge on any atom is 0.410 e. The van der Waals surface area contributed by atoms with Gasteiger partial charge in [0.2, 0.25) is 0 Å². The average Bonchev–Trinajstić information content (AvgIpc) is 3.20. The molecule has 1 aliphatic rings. The zero-order chi connectivity index (χ0) is 23.4. The number of hydrogen-bond donors (Lipinski definition) is 0. The molecule has 4 nitrogen and oxygen atoms in total. The van der Waals surface area contributed by atoms with Crippen LogP contribution in [0.1, 0.15) is 43.4 Å². The zero-order valence-corrected chi connectivity index (χ0v) is 19.2. The fourth-order valence-electron chi connectivity index (χ4n) is 3.97. The summed E-state index contributed by atoms with van der Waals surface area (Å²) < 4.78 is 20.2. The van der Waals surface area contributed by atoms with Crippen LogP contribution in [0.3, 0.4) is 0 Å². The van der Waals surface area contributed by atoms with E-state index in [4.69, 9.17) is 9.73 Å². The summed E-state index contributed by atoms with van der Waals surface area (Å²) in [6.45, 7) is 5.78. The van der Waals surface area contributed by atoms with Crippen LogP contribution in [0.4, 0.5) is 14.9 Å². The molecule has 0 aliphatic carbocycles. The van der Waals surface area contributed by atoms with Gasteiger partial charge in [-0.1, -0.05) is 72.8 Å². The Bertz CT molecular complexity index is 1060. The Hall–Kier alpha value is -3.47. The summed E-state index contributed by atoms with van der Waals surface area (Å²) in [6, 6.07) is 27.7. The van der Waals surface area contributed by atoms with Crippen molar-refractivity contribution in [2.45, 2.75) is 38.5 Å². The first-order chi connectivity index (χ1) is 15.8. The molecule has 4 rings (SSSR count). The Balaban J connectivity index is 1.55. The van der Waals surface area contributed by atoms with Crippen LogP contribution in [0, 0.1) is 0 Å². The van der Waals surface area contributed by atoms with Crippen molar-refractivity contribution in [1.82, 2.24) is 4.90 Å². The van der Waals surface area contributed by atoms with Gasteiger partial charge in [0, 0.05) is 23.6 Å². The van der Waals surface area contributed by atoms with Crippen LogP contribution in [0.15, 0.2) is 89.9 Å². The molecular formula is C28H29FN2O2. The van der Waals surface area contributed by atoms with Gasteiger partial charge in [-0.25, -0.2) is 14.2 Å². The monoisotopic (exact) mass is 444 g/mol. The molecule has 0 bridgehead atoms. The number of carbonyl (C=O) groups excluding carboxylic acids is 1. The van der Waals surface area contributed by atoms with Crippen LogP contribution < -0.4 is 0 Å². The van der Waals surface area contributed by atoms with Gasteiger partial charge in [0.1, 0.15) is 11.8 Å². The number of nitrogens with zero attached hydrogens (tertiary/aromatic N) is 2. The lowest BCUT2D eigenvalue weighted by Gasteiger charge is -2.24. The van der Waals surface area contributed by atoms with Crippen LogP contribution in [0.2, 0.25) is 0 Å². The summed E-state index contributed by atoms with van der Waals surface area (Å²) in [5.41, 5.74) is 3.98. The minimum absolute atomic E-state index is 0.0473. The molecule has 1 saturated heterocycles. The number of benzene rings is 3. The smallest absolute Gasteiger partial charge is 0.410 e. The van der Waals surface area contributed by atoms with E-state index in [1.54, 1.807) is 0 Å². The van der Waals surface area contributed by atoms with E-state index in [0.717, 1.165) is 28.1 Å². The number of hydrogen-bond acceptors (Lipinski definition) is 3. The van der Waals surface area contributed by atoms with Crippen molar-refractivity contribution < 1.29 is 13.9 Å². The molecule has 33 heavy (non-hydrogen) atoms. The maximum absolute atomic E-state index is 14.8. The summed E-state index contributed by atoms with van der Waals surface area (Å²) >= 11 is 0. The van der Waals surface area contributed by atoms with E-state index >= 15 is 0 Å². The fourth-order valence-corrected chi connectivity index (χ4v) is 3.97. The molecule has 0 aromatic heterocycles. The quantitative estimate of drug-likeness (QED) is 0.430. The number of aliphatic imine (C=N–C) groups is 1. The van der Waals surface area contributed by atoms with Gasteiger partial charge in [-0.15, -0.1) is 0 Å². The first kappa shape index (κ1) is 22.7. The molecule has 1 amide bonds. The van der Waals surface area contributed by atoms with Crippen LogP contribution >= 0.6 is 0 Å². The summed E-state index contributed by atoms with van der Waals surface area (Å²) in [6.07, 6.45) is -1.60. The second kappa shape index (κ2) is 9.57. The largest absolute Gasteiger partial charge is 0.444 e. The normalized spacial score (nSPS) is 18.1. The molecular weight excluding hydrogens is 415 g/mol. The van der Waals surface area contributed by atoms with Gasteiger partial charge in [-0.2, -0.15) is 0 Å². The van der Waals surface area contributed by atoms with Crippen molar-refractivity contribution in [3.8, 4) is 0 Å². The van der Waals surface area contributed by atoms with Crippen molar-refractivity contribution in [2.24, 2.45) is 4.99 Å². The predicted octanol–water partition coefficient (Wildman–Crippen LogP) is 6.53. The van der Waals surface area contributed by atoms with Gasteiger partial charge in [-0.3, -0.25) is 0 Å². The highest BCUT2D eigenvalue weighted by molar-refractivity contribution is 6.13. The maximum atomic E-state index is 14.8. The summed E-state index contributed by atoms with van der Waals surface area (Å²) in [5.74, 6) is -0.377. The third-order valence-electron chi connectivity index (χ3n) is 5.56. The van der Waals surface area contributed by atoms with Gasteiger partial charge in [0.25, 0.3) is 0 Å². The lowest BCUT2D eigenvalue weighted by molar-refractivity contribution is 0.0283. The van der Waals surface area contributed by atoms with Crippen molar-refractivity contribution in [1.29, 1.82) is 0 Å². The van der Waals surface area contributed by atoms with Crippen molar-refractivity contribution in [3.05, 3.63) is 102 Å². The molecule has 170 valence electrons. The predicted molar refractivity (Wildman–Crippen MR) is 130 cm³/mol. The number of amides is 1. The second-order valence-electron chi connectivity index (χ2n) is 9.29. The van der Waals surface area contributed by atoms with Gasteiger partial charge in [0.15, 0.2) is 0 Å². The molecule has 5 heteroatoms. The lowest BCUT2D eigenvalue weighted by atomic mass is 9.97. The number of alkyl halides is 1. The van der Waals surface area contributed by atoms with Gasteiger partial charge < -0.3 is 9.64 Å². The molecule has 0 saturated carbocycles. The van der Waals surface area contributed by atoms with E-state index in [2.05, 4.69) is 0 Å². The first-order valence-corrected chi connectivity index (χ1v) is 11.2. The standard InChI is InChI=1S/C28H29FN2O2/c1-28(2,3)33-27(32)31-18-24(25(29)19-31)20-14-16-23(17-15-20)30-26(21-10-6-4-7-11-21)22-12-8-5-9-13-22/h4-17,24-25H,18-19H2,1-3H3/t24-,25-/m0/s1. The minimum atomic E-state index is -1.13. The Morgan fingerprint density at radius 2 is 1.42 bits per heavy atom. The Morgan fingerprint density at radius 1 is 0.879 bits per heavy atom. The van der Waals surface area contributed by atoms with Gasteiger partial charge in [-0.05, 0) is 38.5 Å². The highest BCUT2D eigenvalue weighted by Crippen LogP contribution is 2.32. The van der Waals surface area contributed by atoms with Crippen LogP contribution in [0.5, 0.6) is 0 Å². The summed E-state index contributed by atoms with van der Waals surface area (Å²) in [4.78, 5) is 18.7. The van der Waals surface area contributed by atoms with Crippen molar-refractivity contribution >= 4 is 17.5 Å². The molecule has 0 N–H and O–H groups in total. The van der Waals surface area contributed by atoms with Crippen LogP contribution in [-0.4, -0.2) is 41.6 Å². The molecule has 3 aromatic carbocycles. The third kappa shape index (κ3) is 5.67. The highest BCUT2D eigenvalue weighted by Gasteiger charge is 2.38. The lowest BCUT2D eigenvalue weighted by Crippen LogP contribution is -2.35. The van der Waals surface area contributed by atoms with E-state index in [1.165, 1.54) is 4.90 Å². The Kier molecular flexibility index (Phi) is 6.59. The molecule has 1 heterocycles. The van der Waals surface area contributed by atoms with E-state index in [9.17, 15) is 9.18 Å². The molecule has 0 unspecified atom stereocenters. The van der Waals surface area contributed by atoms with Crippen molar-refractivity contribution in [3.63, 3.8) is 0 Å². The molecule has 1 aliphatic heterocycles. The number of halogens is 1. The minimum Gasteiger partial charge on any atom is -0.444 e. The van der Waals surface area contributed by atoms with Gasteiger partial charge in [0.05, 0.1) is 17.9 Å². The average molecular weight is 445 g/mol. The third-order valence-corrected chi connectivity index (χ3v) is 5.56. The molecule has 2 atom stereocenters. The summed E-state index contributed by atoms with van der Waals surface area (Å²) in [5, 5.41) is 0. The number of ether oxygens (including phenoxy) is 1. The topological polar surface area (TPSA) is 41.9 Å². The summed E-state index contributed by atoms with van der Waals surface area (Å²) in [7, 11) is 0. The molecule has 0 radical (unpaired) electrons. The zero-order valence-electron chi connectivity index (χ0n) is 19.2. The van der Waals surface area contributed by atoms with E-state index in [1.807, 2.05) is 106 Å². The molecule has 1 fully saturated rings. The second-order valence-corrected chi connectivity index (χ2v) is 9.29. The Labute approximate surface area is 194 Å². The highest BCUT2D eigenvalue weighted by atomic mass is 19.1. The van der Waals surface area contributed by atoms with E-state index in [-0.39, 0.29) is 12.5 Å². The van der Waals surface area contributed by atoms with Crippen molar-refractivity contribution in [2.75, 3.05) is 13.1 Å². The molecule has 3 aromatic rings. The Morgan fingerprint density at radius 3 is 1.94 bits per heavy atom. The molecule has 0 spiro atoms. The number of rotatable bonds is 4. The van der Waals surface area contributed by atoms with E-state index in [0.29, 0.717) is 6.54 Å². The van der Waals surface area contributed by atoms with Crippen LogP contribution in [0.25, 0.3) is 0 Å². The van der Waals surface area contributed by atoms with E-state index < -0.39 is 17.9 Å². The SMILES string of the molecule is CC(C)(C)OC(=O)N1C[C@H](F)[C@H](c2ccc(N=C(c3ccccc3)c3ccccc3)cc2)C1. The van der Waals surface area contributed by atoms with Crippen LogP contribution in [-0.2, 0) is 4.74 Å². The number of carbonyl (C=O) groups is 1.